The van der Waals surface area contributed by atoms with Crippen LogP contribution in [-0.4, -0.2) is 37.0 Å². The lowest BCUT2D eigenvalue weighted by molar-refractivity contribution is 0.0963. The molecule has 2 aromatic carbocycles. The summed E-state index contributed by atoms with van der Waals surface area (Å²) in [4.78, 5) is 20.9. The normalized spacial score (nSPS) is 10.9. The van der Waals surface area contributed by atoms with Crippen molar-refractivity contribution in [3.05, 3.63) is 77.5 Å². The first-order valence-electron chi connectivity index (χ1n) is 9.87. The van der Waals surface area contributed by atoms with Crippen molar-refractivity contribution < 1.29 is 4.79 Å². The minimum Gasteiger partial charge on any atom is -0.357 e. The molecule has 1 heterocycles. The number of carbonyl (C=O) groups is 1. The molecule has 0 fully saturated rings. The summed E-state index contributed by atoms with van der Waals surface area (Å²) in [6.07, 6.45) is 2.63. The van der Waals surface area contributed by atoms with Crippen LogP contribution in [0.25, 0.3) is 10.9 Å². The number of guanidine groups is 1. The molecule has 0 aliphatic heterocycles. The third kappa shape index (κ3) is 6.41. The van der Waals surface area contributed by atoms with Crippen molar-refractivity contribution in [1.82, 2.24) is 20.9 Å². The highest BCUT2D eigenvalue weighted by atomic mass is 127. The van der Waals surface area contributed by atoms with Crippen LogP contribution in [0.2, 0.25) is 0 Å². The molecule has 6 nitrogen and oxygen atoms in total. The highest BCUT2D eigenvalue weighted by Crippen LogP contribution is 2.16. The maximum atomic E-state index is 11.8. The van der Waals surface area contributed by atoms with Crippen molar-refractivity contribution in [3.8, 4) is 0 Å². The Bertz CT molecular complexity index is 1000. The monoisotopic (exact) mass is 517 g/mol. The number of nitrogens with zero attached hydrogens (tertiary/aromatic N) is 2. The van der Waals surface area contributed by atoms with Gasteiger partial charge in [0.1, 0.15) is 0 Å². The summed E-state index contributed by atoms with van der Waals surface area (Å²) >= 11 is 0. The summed E-state index contributed by atoms with van der Waals surface area (Å²) in [7, 11) is 1.64. The number of carbonyl (C=O) groups excluding carboxylic acids is 1. The molecule has 0 bridgehead atoms. The molecule has 3 rings (SSSR count). The van der Waals surface area contributed by atoms with E-state index in [2.05, 4.69) is 27.0 Å². The summed E-state index contributed by atoms with van der Waals surface area (Å²) in [6.45, 7) is 4.13. The van der Waals surface area contributed by atoms with Crippen LogP contribution in [0.5, 0.6) is 0 Å². The van der Waals surface area contributed by atoms with Crippen molar-refractivity contribution >= 4 is 46.7 Å². The zero-order valence-corrected chi connectivity index (χ0v) is 19.6. The molecular formula is C23H28IN5O. The quantitative estimate of drug-likeness (QED) is 0.255. The first-order chi connectivity index (χ1) is 14.2. The Kier molecular flexibility index (Phi) is 9.53. The first kappa shape index (κ1) is 23.6. The number of rotatable bonds is 7. The third-order valence-electron chi connectivity index (χ3n) is 4.61. The maximum Gasteiger partial charge on any atom is 0.251 e. The van der Waals surface area contributed by atoms with E-state index in [9.17, 15) is 4.79 Å². The molecule has 0 spiro atoms. The van der Waals surface area contributed by atoms with Crippen molar-refractivity contribution in [2.24, 2.45) is 4.99 Å². The van der Waals surface area contributed by atoms with Crippen LogP contribution in [-0.2, 0) is 13.0 Å². The minimum atomic E-state index is -0.0701. The molecule has 0 atom stereocenters. The summed E-state index contributed by atoms with van der Waals surface area (Å²) in [5.74, 6) is 0.704. The molecule has 0 saturated carbocycles. The Morgan fingerprint density at radius 3 is 2.70 bits per heavy atom. The van der Waals surface area contributed by atoms with Crippen LogP contribution in [0.4, 0.5) is 0 Å². The van der Waals surface area contributed by atoms with Crippen LogP contribution in [0, 0.1) is 0 Å². The minimum absolute atomic E-state index is 0. The summed E-state index contributed by atoms with van der Waals surface area (Å²) in [5.41, 5.74) is 3.91. The number of hydrogen-bond donors (Lipinski definition) is 3. The van der Waals surface area contributed by atoms with Crippen LogP contribution in [0.15, 0.2) is 65.8 Å². The molecule has 158 valence electrons. The number of halogens is 1. The van der Waals surface area contributed by atoms with Gasteiger partial charge in [0.25, 0.3) is 5.91 Å². The van der Waals surface area contributed by atoms with Gasteiger partial charge in [0.15, 0.2) is 5.96 Å². The zero-order valence-electron chi connectivity index (χ0n) is 17.3. The fraction of sp³-hybridized carbons (Fsp3) is 0.261. The smallest absolute Gasteiger partial charge is 0.251 e. The van der Waals surface area contributed by atoms with E-state index in [0.717, 1.165) is 47.5 Å². The van der Waals surface area contributed by atoms with E-state index in [1.54, 1.807) is 7.05 Å². The highest BCUT2D eigenvalue weighted by Gasteiger charge is 2.05. The average Bonchev–Trinajstić information content (AvgIpc) is 2.77. The topological polar surface area (TPSA) is 78.4 Å². The van der Waals surface area contributed by atoms with Gasteiger partial charge in [-0.05, 0) is 48.7 Å². The summed E-state index contributed by atoms with van der Waals surface area (Å²) in [6, 6.07) is 17.8. The molecular weight excluding hydrogens is 489 g/mol. The second-order valence-corrected chi connectivity index (χ2v) is 6.64. The van der Waals surface area contributed by atoms with Crippen LogP contribution >= 0.6 is 24.0 Å². The molecule has 0 unspecified atom stereocenters. The van der Waals surface area contributed by atoms with Gasteiger partial charge in [-0.25, -0.2) is 4.99 Å². The zero-order chi connectivity index (χ0) is 20.5. The van der Waals surface area contributed by atoms with Gasteiger partial charge in [0, 0.05) is 37.3 Å². The van der Waals surface area contributed by atoms with E-state index in [1.807, 2.05) is 61.7 Å². The molecule has 0 aliphatic rings. The van der Waals surface area contributed by atoms with Crippen LogP contribution in [0.3, 0.4) is 0 Å². The van der Waals surface area contributed by atoms with Gasteiger partial charge < -0.3 is 16.0 Å². The molecule has 0 radical (unpaired) electrons. The Balaban J connectivity index is 0.00000320. The number of nitrogens with one attached hydrogen (secondary N) is 3. The maximum absolute atomic E-state index is 11.8. The molecule has 3 N–H and O–H groups in total. The molecule has 1 amide bonds. The second-order valence-electron chi connectivity index (χ2n) is 6.64. The van der Waals surface area contributed by atoms with Crippen molar-refractivity contribution in [2.75, 3.05) is 20.1 Å². The van der Waals surface area contributed by atoms with E-state index in [1.165, 1.54) is 0 Å². The van der Waals surface area contributed by atoms with Gasteiger partial charge >= 0.3 is 0 Å². The van der Waals surface area contributed by atoms with Gasteiger partial charge in [0.2, 0.25) is 0 Å². The van der Waals surface area contributed by atoms with Gasteiger partial charge in [-0.15, -0.1) is 24.0 Å². The van der Waals surface area contributed by atoms with Crippen molar-refractivity contribution in [2.45, 2.75) is 19.9 Å². The van der Waals surface area contributed by atoms with E-state index in [-0.39, 0.29) is 29.9 Å². The van der Waals surface area contributed by atoms with E-state index >= 15 is 0 Å². The molecule has 0 saturated heterocycles. The number of fused-ring (bicyclic) bond motifs is 1. The molecule has 7 heteroatoms. The third-order valence-corrected chi connectivity index (χ3v) is 4.61. The largest absolute Gasteiger partial charge is 0.357 e. The highest BCUT2D eigenvalue weighted by molar-refractivity contribution is 14.0. The lowest BCUT2D eigenvalue weighted by atomic mass is 10.1. The van der Waals surface area contributed by atoms with Gasteiger partial charge in [-0.2, -0.15) is 0 Å². The Morgan fingerprint density at radius 1 is 1.07 bits per heavy atom. The standard InChI is InChI=1S/C23H27N5O.HI/c1-3-25-23(27-13-11-17-7-6-8-18(15-17)22(29)24-2)28-16-19-12-14-26-21-10-5-4-9-20(19)21;/h4-10,12,14-15H,3,11,13,16H2,1-2H3,(H,24,29)(H2,25,27,28);1H. The predicted octanol–water partition coefficient (Wildman–Crippen LogP) is 3.51. The lowest BCUT2D eigenvalue weighted by Gasteiger charge is -2.12. The number of aliphatic imine (C=N–C) groups is 1. The Morgan fingerprint density at radius 2 is 1.90 bits per heavy atom. The summed E-state index contributed by atoms with van der Waals surface area (Å²) in [5, 5.41) is 10.4. The summed E-state index contributed by atoms with van der Waals surface area (Å²) < 4.78 is 0. The number of hydrogen-bond acceptors (Lipinski definition) is 3. The van der Waals surface area contributed by atoms with E-state index in [0.29, 0.717) is 12.1 Å². The number of para-hydroxylation sites is 1. The predicted molar refractivity (Wildman–Crippen MR) is 134 cm³/mol. The fourth-order valence-electron chi connectivity index (χ4n) is 3.14. The van der Waals surface area contributed by atoms with Gasteiger partial charge in [0.05, 0.1) is 12.1 Å². The van der Waals surface area contributed by atoms with Crippen LogP contribution < -0.4 is 16.0 Å². The Hall–Kier alpha value is -2.68. The number of amides is 1. The number of aromatic nitrogens is 1. The van der Waals surface area contributed by atoms with Gasteiger partial charge in [-0.1, -0.05) is 30.3 Å². The van der Waals surface area contributed by atoms with E-state index < -0.39 is 0 Å². The molecule has 30 heavy (non-hydrogen) atoms. The molecule has 1 aromatic heterocycles. The van der Waals surface area contributed by atoms with Crippen molar-refractivity contribution in [1.29, 1.82) is 0 Å². The van der Waals surface area contributed by atoms with Crippen molar-refractivity contribution in [3.63, 3.8) is 0 Å². The number of benzene rings is 2. The Labute approximate surface area is 194 Å². The SMILES string of the molecule is CCNC(=NCc1ccnc2ccccc12)NCCc1cccc(C(=O)NC)c1.I. The fourth-order valence-corrected chi connectivity index (χ4v) is 3.14. The molecule has 3 aromatic rings. The lowest BCUT2D eigenvalue weighted by Crippen LogP contribution is -2.38. The average molecular weight is 517 g/mol. The van der Waals surface area contributed by atoms with Gasteiger partial charge in [-0.3, -0.25) is 9.78 Å². The van der Waals surface area contributed by atoms with E-state index in [4.69, 9.17) is 4.99 Å². The second kappa shape index (κ2) is 12.1. The first-order valence-corrected chi connectivity index (χ1v) is 9.87. The molecule has 0 aliphatic carbocycles. The van der Waals surface area contributed by atoms with Crippen LogP contribution in [0.1, 0.15) is 28.4 Å². The number of pyridine rings is 1.